The van der Waals surface area contributed by atoms with Gasteiger partial charge in [0.15, 0.2) is 11.3 Å². The van der Waals surface area contributed by atoms with Gasteiger partial charge in [0.2, 0.25) is 0 Å². The average Bonchev–Trinajstić information content (AvgIpc) is 2.45. The van der Waals surface area contributed by atoms with Crippen LogP contribution in [0, 0.1) is 0 Å². The number of phenols is 1. The second-order valence-electron chi connectivity index (χ2n) is 3.10. The molecule has 0 unspecified atom stereocenters. The topological polar surface area (TPSA) is 46.3 Å². The lowest BCUT2D eigenvalue weighted by atomic mass is 10.1. The quantitative estimate of drug-likeness (QED) is 0.767. The van der Waals surface area contributed by atoms with E-state index in [0.717, 1.165) is 6.92 Å². The summed E-state index contributed by atoms with van der Waals surface area (Å²) in [5, 5.41) is 12.5. The summed E-state index contributed by atoms with van der Waals surface area (Å²) in [6.45, 7) is 0.730. The monoisotopic (exact) mass is 199 g/mol. The zero-order valence-corrected chi connectivity index (χ0v) is 7.29. The maximum absolute atomic E-state index is 12.9. The molecule has 2 rings (SSSR count). The normalized spacial score (nSPS) is 12.2. The number of phenolic OH excluding ortho intramolecular Hbond substituents is 1. The van der Waals surface area contributed by atoms with Gasteiger partial charge >= 0.3 is 0 Å². The predicted molar refractivity (Wildman–Crippen MR) is 45.2 cm³/mol. The largest absolute Gasteiger partial charge is 0.508 e. The van der Waals surface area contributed by atoms with E-state index in [-0.39, 0.29) is 16.7 Å². The fraction of sp³-hybridized carbons (Fsp3) is 0.222. The van der Waals surface area contributed by atoms with Gasteiger partial charge in [0, 0.05) is 6.92 Å². The summed E-state index contributed by atoms with van der Waals surface area (Å²) in [6, 6.07) is 3.95. The molecule has 2 aromatic rings. The van der Waals surface area contributed by atoms with Crippen molar-refractivity contribution in [1.82, 2.24) is 5.16 Å². The molecule has 0 aliphatic heterocycles. The highest BCUT2D eigenvalue weighted by Crippen LogP contribution is 2.33. The summed E-state index contributed by atoms with van der Waals surface area (Å²) in [4.78, 5) is 0. The smallest absolute Gasteiger partial charge is 0.290 e. The van der Waals surface area contributed by atoms with E-state index in [0.29, 0.717) is 0 Å². The van der Waals surface area contributed by atoms with Crippen LogP contribution in [0.5, 0.6) is 5.75 Å². The Morgan fingerprint density at radius 3 is 2.79 bits per heavy atom. The van der Waals surface area contributed by atoms with Crippen molar-refractivity contribution in [1.29, 1.82) is 0 Å². The molecule has 1 aromatic heterocycles. The van der Waals surface area contributed by atoms with Crippen molar-refractivity contribution in [2.45, 2.75) is 12.8 Å². The summed E-state index contributed by atoms with van der Waals surface area (Å²) in [6.07, 6.45) is 0. The van der Waals surface area contributed by atoms with E-state index < -0.39 is 11.6 Å². The third-order valence-electron chi connectivity index (χ3n) is 1.87. The highest BCUT2D eigenvalue weighted by Gasteiger charge is 2.31. The third kappa shape index (κ3) is 1.30. The van der Waals surface area contributed by atoms with Gasteiger partial charge in [0.05, 0.1) is 5.39 Å². The first-order chi connectivity index (χ1) is 6.48. The van der Waals surface area contributed by atoms with Crippen LogP contribution in [0.4, 0.5) is 8.78 Å². The van der Waals surface area contributed by atoms with Gasteiger partial charge in [-0.05, 0) is 18.2 Å². The molecule has 0 fully saturated rings. The first-order valence-corrected chi connectivity index (χ1v) is 3.95. The Morgan fingerprint density at radius 2 is 2.14 bits per heavy atom. The van der Waals surface area contributed by atoms with Gasteiger partial charge in [-0.15, -0.1) is 0 Å². The molecule has 0 radical (unpaired) electrons. The number of hydrogen-bond donors (Lipinski definition) is 1. The Bertz CT molecular complexity index is 473. The maximum atomic E-state index is 12.9. The van der Waals surface area contributed by atoms with Crippen LogP contribution < -0.4 is 0 Å². The van der Waals surface area contributed by atoms with E-state index in [2.05, 4.69) is 9.68 Å². The molecule has 1 N–H and O–H groups in total. The van der Waals surface area contributed by atoms with E-state index in [9.17, 15) is 8.78 Å². The number of hydrogen-bond acceptors (Lipinski definition) is 3. The number of rotatable bonds is 1. The van der Waals surface area contributed by atoms with E-state index in [1.165, 1.54) is 18.2 Å². The van der Waals surface area contributed by atoms with Crippen LogP contribution in [0.2, 0.25) is 0 Å². The number of alkyl halides is 2. The Balaban J connectivity index is 2.73. The fourth-order valence-corrected chi connectivity index (χ4v) is 1.24. The molecule has 74 valence electrons. The highest BCUT2D eigenvalue weighted by atomic mass is 19.3. The third-order valence-corrected chi connectivity index (χ3v) is 1.87. The number of aromatic hydroxyl groups is 1. The van der Waals surface area contributed by atoms with Crippen molar-refractivity contribution >= 4 is 11.0 Å². The minimum atomic E-state index is -3.07. The fourth-order valence-electron chi connectivity index (χ4n) is 1.24. The van der Waals surface area contributed by atoms with Crippen molar-refractivity contribution in [3.8, 4) is 5.75 Å². The Hall–Kier alpha value is -1.65. The Labute approximate surface area is 77.9 Å². The van der Waals surface area contributed by atoms with Crippen LogP contribution in [0.25, 0.3) is 11.0 Å². The van der Waals surface area contributed by atoms with Gasteiger partial charge in [-0.25, -0.2) is 0 Å². The first-order valence-electron chi connectivity index (χ1n) is 3.95. The lowest BCUT2D eigenvalue weighted by molar-refractivity contribution is 0.0112. The second-order valence-corrected chi connectivity index (χ2v) is 3.10. The summed E-state index contributed by atoms with van der Waals surface area (Å²) in [5.41, 5.74) is -0.220. The van der Waals surface area contributed by atoms with Crippen molar-refractivity contribution in [3.63, 3.8) is 0 Å². The van der Waals surface area contributed by atoms with Gasteiger partial charge in [0.25, 0.3) is 5.92 Å². The molecule has 3 nitrogen and oxygen atoms in total. The van der Waals surface area contributed by atoms with Crippen LogP contribution in [-0.4, -0.2) is 10.3 Å². The number of halogens is 2. The van der Waals surface area contributed by atoms with E-state index >= 15 is 0 Å². The molecule has 0 atom stereocenters. The van der Waals surface area contributed by atoms with Gasteiger partial charge in [0.1, 0.15) is 5.75 Å². The number of benzene rings is 1. The van der Waals surface area contributed by atoms with Crippen molar-refractivity contribution in [3.05, 3.63) is 23.9 Å². The molecule has 1 heterocycles. The molecule has 0 saturated carbocycles. The van der Waals surface area contributed by atoms with E-state index in [1.54, 1.807) is 0 Å². The van der Waals surface area contributed by atoms with Crippen molar-refractivity contribution in [2.75, 3.05) is 0 Å². The SMILES string of the molecule is CC(F)(F)c1noc2ccc(O)cc12. The zero-order valence-electron chi connectivity index (χ0n) is 7.29. The van der Waals surface area contributed by atoms with Crippen molar-refractivity contribution in [2.24, 2.45) is 0 Å². The summed E-state index contributed by atoms with van der Waals surface area (Å²) < 4.78 is 30.6. The van der Waals surface area contributed by atoms with Crippen LogP contribution in [0.1, 0.15) is 12.6 Å². The number of nitrogens with zero attached hydrogens (tertiary/aromatic N) is 1. The van der Waals surface area contributed by atoms with Crippen LogP contribution >= 0.6 is 0 Å². The minimum absolute atomic E-state index is 0.0915. The molecule has 0 saturated heterocycles. The van der Waals surface area contributed by atoms with Crippen LogP contribution in [-0.2, 0) is 5.92 Å². The van der Waals surface area contributed by atoms with Crippen molar-refractivity contribution < 1.29 is 18.4 Å². The molecule has 1 aromatic carbocycles. The van der Waals surface area contributed by atoms with E-state index in [4.69, 9.17) is 5.11 Å². The van der Waals surface area contributed by atoms with Gasteiger partial charge < -0.3 is 9.63 Å². The molecule has 0 spiro atoms. The number of aromatic nitrogens is 1. The lowest BCUT2D eigenvalue weighted by Gasteiger charge is -2.04. The Morgan fingerprint density at radius 1 is 1.43 bits per heavy atom. The maximum Gasteiger partial charge on any atom is 0.290 e. The Kier molecular flexibility index (Phi) is 1.70. The molecular formula is C9H7F2NO2. The van der Waals surface area contributed by atoms with E-state index in [1.807, 2.05) is 0 Å². The molecule has 0 bridgehead atoms. The standard InChI is InChI=1S/C9H7F2NO2/c1-9(10,11)8-6-4-5(13)2-3-7(6)14-12-8/h2-4,13H,1H3. The molecule has 14 heavy (non-hydrogen) atoms. The summed E-state index contributed by atoms with van der Waals surface area (Å²) in [7, 11) is 0. The lowest BCUT2D eigenvalue weighted by Crippen LogP contribution is -2.07. The van der Waals surface area contributed by atoms with Crippen LogP contribution in [0.15, 0.2) is 22.7 Å². The summed E-state index contributed by atoms with van der Waals surface area (Å²) in [5.74, 6) is -3.16. The minimum Gasteiger partial charge on any atom is -0.508 e. The first kappa shape index (κ1) is 8.93. The summed E-state index contributed by atoms with van der Waals surface area (Å²) >= 11 is 0. The number of fused-ring (bicyclic) bond motifs is 1. The predicted octanol–water partition coefficient (Wildman–Crippen LogP) is 2.65. The molecule has 5 heteroatoms. The average molecular weight is 199 g/mol. The van der Waals surface area contributed by atoms with Crippen LogP contribution in [0.3, 0.4) is 0 Å². The second kappa shape index (κ2) is 2.67. The van der Waals surface area contributed by atoms with Gasteiger partial charge in [-0.3, -0.25) is 0 Å². The highest BCUT2D eigenvalue weighted by molar-refractivity contribution is 5.81. The zero-order chi connectivity index (χ0) is 10.3. The molecular weight excluding hydrogens is 192 g/mol. The molecule has 0 aliphatic rings. The van der Waals surface area contributed by atoms with Gasteiger partial charge in [-0.2, -0.15) is 8.78 Å². The van der Waals surface area contributed by atoms with Gasteiger partial charge in [-0.1, -0.05) is 5.16 Å². The molecule has 0 amide bonds. The molecule has 0 aliphatic carbocycles.